The summed E-state index contributed by atoms with van der Waals surface area (Å²) in [6.07, 6.45) is 46.0. The Morgan fingerprint density at radius 1 is 0.304 bits per heavy atom. The van der Waals surface area contributed by atoms with E-state index in [1.54, 1.807) is 0 Å². The minimum Gasteiger partial charge on any atom is -0.462 e. The number of phosphoric ester groups is 2. The van der Waals surface area contributed by atoms with E-state index in [0.29, 0.717) is 37.5 Å². The molecule has 0 amide bonds. The number of hydrogen-bond donors (Lipinski definition) is 3. The fraction of sp³-hybridized carbons (Fsp3) is 0.945. The van der Waals surface area contributed by atoms with Gasteiger partial charge in [0.15, 0.2) is 12.2 Å². The summed E-state index contributed by atoms with van der Waals surface area (Å²) in [5.74, 6) is 0.882. The van der Waals surface area contributed by atoms with E-state index >= 15 is 0 Å². The molecular formula is C73H142O17P2. The molecule has 0 spiro atoms. The summed E-state index contributed by atoms with van der Waals surface area (Å²) in [5, 5.41) is 10.6. The zero-order chi connectivity index (χ0) is 68.2. The molecule has 0 radical (unpaired) electrons. The number of esters is 4. The van der Waals surface area contributed by atoms with Crippen LogP contribution < -0.4 is 0 Å². The van der Waals surface area contributed by atoms with Gasteiger partial charge >= 0.3 is 39.5 Å². The van der Waals surface area contributed by atoms with Crippen LogP contribution in [0.2, 0.25) is 0 Å². The van der Waals surface area contributed by atoms with Crippen LogP contribution in [0.15, 0.2) is 0 Å². The number of phosphoric acid groups is 2. The van der Waals surface area contributed by atoms with E-state index in [0.717, 1.165) is 108 Å². The van der Waals surface area contributed by atoms with Crippen LogP contribution in [0.4, 0.5) is 0 Å². The number of unbranched alkanes of at least 4 members (excludes halogenated alkanes) is 35. The van der Waals surface area contributed by atoms with Crippen LogP contribution in [-0.2, 0) is 65.4 Å². The molecule has 0 aliphatic rings. The number of carbonyl (C=O) groups is 4. The smallest absolute Gasteiger partial charge is 0.462 e. The first-order valence-electron chi connectivity index (χ1n) is 37.7. The summed E-state index contributed by atoms with van der Waals surface area (Å²) in [6, 6.07) is 0. The van der Waals surface area contributed by atoms with Crippen molar-refractivity contribution in [3.63, 3.8) is 0 Å². The molecule has 0 heterocycles. The molecule has 0 aliphatic heterocycles. The van der Waals surface area contributed by atoms with E-state index in [2.05, 4.69) is 55.4 Å². The van der Waals surface area contributed by atoms with Crippen molar-refractivity contribution in [2.24, 2.45) is 23.7 Å². The van der Waals surface area contributed by atoms with Crippen molar-refractivity contribution in [2.45, 2.75) is 382 Å². The maximum absolute atomic E-state index is 13.0. The van der Waals surface area contributed by atoms with E-state index in [1.807, 2.05) is 0 Å². The lowest BCUT2D eigenvalue weighted by molar-refractivity contribution is -0.161. The van der Waals surface area contributed by atoms with Crippen LogP contribution in [0.3, 0.4) is 0 Å². The van der Waals surface area contributed by atoms with Crippen molar-refractivity contribution in [3.8, 4) is 0 Å². The van der Waals surface area contributed by atoms with Gasteiger partial charge in [-0.3, -0.25) is 37.3 Å². The van der Waals surface area contributed by atoms with Gasteiger partial charge in [0.2, 0.25) is 0 Å². The summed E-state index contributed by atoms with van der Waals surface area (Å²) in [5.41, 5.74) is 0. The van der Waals surface area contributed by atoms with Gasteiger partial charge in [0.25, 0.3) is 0 Å². The van der Waals surface area contributed by atoms with Crippen molar-refractivity contribution in [1.29, 1.82) is 0 Å². The molecule has 92 heavy (non-hydrogen) atoms. The zero-order valence-corrected chi connectivity index (χ0v) is 62.0. The molecule has 0 saturated heterocycles. The van der Waals surface area contributed by atoms with E-state index in [4.69, 9.17) is 37.0 Å². The average molecular weight is 1350 g/mol. The number of carbonyl (C=O) groups excluding carboxylic acids is 4. The largest absolute Gasteiger partial charge is 0.472 e. The SMILES string of the molecule is CCC(C)CCCCCCCCCCCCC(=O)O[C@H](COC(=O)CCCCCCCCCC(C)C)COP(=O)(O)OCC(O)COP(=O)(O)OC[C@@H](COC(=O)CCCCCCCCCCCCCCCCCC(C)C)OC(=O)CCCCCCCCCC(C)C. The van der Waals surface area contributed by atoms with Crippen molar-refractivity contribution < 1.29 is 80.2 Å². The second-order valence-electron chi connectivity index (χ2n) is 28.0. The third-order valence-electron chi connectivity index (χ3n) is 17.2. The summed E-state index contributed by atoms with van der Waals surface area (Å²) < 4.78 is 68.4. The maximum Gasteiger partial charge on any atom is 0.472 e. The first kappa shape index (κ1) is 90.1. The fourth-order valence-electron chi connectivity index (χ4n) is 11.0. The van der Waals surface area contributed by atoms with Gasteiger partial charge in [-0.25, -0.2) is 9.13 Å². The number of hydrogen-bond acceptors (Lipinski definition) is 15. The molecule has 546 valence electrons. The number of rotatable bonds is 70. The van der Waals surface area contributed by atoms with Crippen molar-refractivity contribution in [2.75, 3.05) is 39.6 Å². The molecule has 6 atom stereocenters. The quantitative estimate of drug-likeness (QED) is 0.0222. The van der Waals surface area contributed by atoms with E-state index in [9.17, 15) is 43.2 Å². The molecule has 0 aliphatic carbocycles. The molecule has 0 rings (SSSR count). The highest BCUT2D eigenvalue weighted by molar-refractivity contribution is 7.47. The van der Waals surface area contributed by atoms with Gasteiger partial charge in [0.05, 0.1) is 26.4 Å². The lowest BCUT2D eigenvalue weighted by Crippen LogP contribution is -2.30. The Morgan fingerprint density at radius 2 is 0.522 bits per heavy atom. The minimum absolute atomic E-state index is 0.103. The van der Waals surface area contributed by atoms with Gasteiger partial charge in [0.1, 0.15) is 19.3 Å². The molecule has 0 aromatic rings. The third kappa shape index (κ3) is 65.4. The Balaban J connectivity index is 5.20. The Kier molecular flexibility index (Phi) is 61.3. The second-order valence-corrected chi connectivity index (χ2v) is 30.9. The molecular weight excluding hydrogens is 1210 g/mol. The van der Waals surface area contributed by atoms with Crippen molar-refractivity contribution in [1.82, 2.24) is 0 Å². The van der Waals surface area contributed by atoms with Crippen LogP contribution in [0, 0.1) is 23.7 Å². The lowest BCUT2D eigenvalue weighted by Gasteiger charge is -2.21. The van der Waals surface area contributed by atoms with Crippen LogP contribution in [0.1, 0.15) is 364 Å². The number of ether oxygens (including phenoxy) is 4. The summed E-state index contributed by atoms with van der Waals surface area (Å²) >= 11 is 0. The second kappa shape index (κ2) is 62.6. The summed E-state index contributed by atoms with van der Waals surface area (Å²) in [7, 11) is -9.91. The minimum atomic E-state index is -4.95. The number of aliphatic hydroxyl groups excluding tert-OH is 1. The lowest BCUT2D eigenvalue weighted by atomic mass is 9.99. The highest BCUT2D eigenvalue weighted by Crippen LogP contribution is 2.45. The first-order valence-corrected chi connectivity index (χ1v) is 40.7. The normalized spacial score (nSPS) is 14.5. The molecule has 19 heteroatoms. The third-order valence-corrected chi connectivity index (χ3v) is 19.1. The van der Waals surface area contributed by atoms with Crippen LogP contribution >= 0.6 is 15.6 Å². The molecule has 0 saturated carbocycles. The van der Waals surface area contributed by atoms with Crippen molar-refractivity contribution >= 4 is 39.5 Å². The molecule has 0 aromatic carbocycles. The average Bonchev–Trinajstić information content (AvgIpc) is 1.51. The fourth-order valence-corrected chi connectivity index (χ4v) is 12.6. The Bertz CT molecular complexity index is 1820. The molecule has 0 bridgehead atoms. The summed E-state index contributed by atoms with van der Waals surface area (Å²) in [4.78, 5) is 72.6. The summed E-state index contributed by atoms with van der Waals surface area (Å²) in [6.45, 7) is 14.1. The predicted molar refractivity (Wildman–Crippen MR) is 372 cm³/mol. The van der Waals surface area contributed by atoms with Crippen LogP contribution in [0.25, 0.3) is 0 Å². The van der Waals surface area contributed by atoms with Gasteiger partial charge in [-0.1, -0.05) is 312 Å². The Hall–Kier alpha value is -1.94. The monoisotopic (exact) mass is 1350 g/mol. The van der Waals surface area contributed by atoms with E-state index in [-0.39, 0.29) is 25.7 Å². The number of aliphatic hydroxyl groups is 1. The standard InChI is InChI=1S/C73H142O17P2/c1-9-66(8)52-44-36-28-20-17-18-22-30-39-47-55-72(77)89-68(60-84-71(76)54-46-38-31-23-26-34-42-50-64(4)5)61-87-91(79,80)85-57-67(74)58-86-92(81,82)88-62-69(90-73(78)56-48-40-32-24-27-35-43-51-65(6)7)59-83-70(75)53-45-37-29-21-16-14-12-10-11-13-15-19-25-33-41-49-63(2)3/h63-69,74H,9-62H2,1-8H3,(H,79,80)(H,81,82)/t66?,67?,68-,69-/m1/s1. The Morgan fingerprint density at radius 3 is 0.772 bits per heavy atom. The highest BCUT2D eigenvalue weighted by atomic mass is 31.2. The van der Waals surface area contributed by atoms with Crippen LogP contribution in [0.5, 0.6) is 0 Å². The topological polar surface area (TPSA) is 237 Å². The van der Waals surface area contributed by atoms with E-state index < -0.39 is 97.5 Å². The van der Waals surface area contributed by atoms with Gasteiger partial charge in [-0.2, -0.15) is 0 Å². The maximum atomic E-state index is 13.0. The first-order chi connectivity index (χ1) is 44.1. The molecule has 17 nitrogen and oxygen atoms in total. The Labute approximate surface area is 562 Å². The molecule has 0 fully saturated rings. The molecule has 4 unspecified atom stereocenters. The molecule has 0 aromatic heterocycles. The van der Waals surface area contributed by atoms with Gasteiger partial charge in [0, 0.05) is 25.7 Å². The van der Waals surface area contributed by atoms with E-state index in [1.165, 1.54) is 161 Å². The zero-order valence-electron chi connectivity index (χ0n) is 60.2. The highest BCUT2D eigenvalue weighted by Gasteiger charge is 2.30. The molecule has 3 N–H and O–H groups in total. The van der Waals surface area contributed by atoms with Crippen molar-refractivity contribution in [3.05, 3.63) is 0 Å². The van der Waals surface area contributed by atoms with Crippen LogP contribution in [-0.4, -0.2) is 96.7 Å². The van der Waals surface area contributed by atoms with Gasteiger partial charge in [-0.15, -0.1) is 0 Å². The van der Waals surface area contributed by atoms with Gasteiger partial charge in [-0.05, 0) is 49.4 Å². The predicted octanol–water partition coefficient (Wildman–Crippen LogP) is 20.9. The van der Waals surface area contributed by atoms with Gasteiger partial charge < -0.3 is 33.8 Å².